The van der Waals surface area contributed by atoms with Crippen LogP contribution in [0.15, 0.2) is 42.5 Å². The van der Waals surface area contributed by atoms with Gasteiger partial charge in [0.2, 0.25) is 0 Å². The zero-order chi connectivity index (χ0) is 14.4. The van der Waals surface area contributed by atoms with E-state index in [1.54, 1.807) is 24.3 Å². The third-order valence-corrected chi connectivity index (χ3v) is 3.80. The Balaban J connectivity index is 1.91. The molecule has 2 heterocycles. The number of carbonyl (C=O) groups excluding carboxylic acids is 1. The van der Waals surface area contributed by atoms with Crippen molar-refractivity contribution < 1.29 is 19.4 Å². The van der Waals surface area contributed by atoms with E-state index in [1.807, 2.05) is 18.2 Å². The Hall–Kier alpha value is -2.53. The summed E-state index contributed by atoms with van der Waals surface area (Å²) in [6, 6.07) is 12.3. The molecule has 106 valence electrons. The number of amides is 1. The molecule has 2 aromatic carbocycles. The average molecular weight is 283 g/mol. The van der Waals surface area contributed by atoms with Crippen LogP contribution in [0.2, 0.25) is 0 Å². The number of fused-ring (bicyclic) bond motifs is 2. The van der Waals surface area contributed by atoms with Gasteiger partial charge in [0.1, 0.15) is 13.2 Å². The summed E-state index contributed by atoms with van der Waals surface area (Å²) in [7, 11) is 0. The first-order valence-electron chi connectivity index (χ1n) is 6.73. The van der Waals surface area contributed by atoms with Gasteiger partial charge in [0.25, 0.3) is 5.91 Å². The lowest BCUT2D eigenvalue weighted by Gasteiger charge is -2.26. The van der Waals surface area contributed by atoms with E-state index in [2.05, 4.69) is 5.32 Å². The molecule has 0 aliphatic carbocycles. The number of aliphatic hydroxyl groups is 1. The quantitative estimate of drug-likeness (QED) is 0.830. The van der Waals surface area contributed by atoms with Gasteiger partial charge in [-0.1, -0.05) is 30.3 Å². The summed E-state index contributed by atoms with van der Waals surface area (Å²) in [6.45, 7) is 0.910. The van der Waals surface area contributed by atoms with Gasteiger partial charge in [0, 0.05) is 11.1 Å². The fourth-order valence-corrected chi connectivity index (χ4v) is 2.78. The van der Waals surface area contributed by atoms with Crippen LogP contribution < -0.4 is 14.8 Å². The van der Waals surface area contributed by atoms with Crippen molar-refractivity contribution in [1.82, 2.24) is 5.32 Å². The maximum atomic E-state index is 12.2. The van der Waals surface area contributed by atoms with Gasteiger partial charge in [0.05, 0.1) is 5.56 Å². The number of nitrogens with one attached hydrogen (secondary N) is 1. The van der Waals surface area contributed by atoms with Crippen LogP contribution in [0.25, 0.3) is 0 Å². The fourth-order valence-electron chi connectivity index (χ4n) is 2.78. The third-order valence-electron chi connectivity index (χ3n) is 3.80. The van der Waals surface area contributed by atoms with Crippen molar-refractivity contribution in [2.24, 2.45) is 0 Å². The van der Waals surface area contributed by atoms with E-state index < -0.39 is 5.72 Å². The highest BCUT2D eigenvalue weighted by Gasteiger charge is 2.44. The summed E-state index contributed by atoms with van der Waals surface area (Å²) < 4.78 is 11.0. The molecule has 5 nitrogen and oxygen atoms in total. The van der Waals surface area contributed by atoms with E-state index >= 15 is 0 Å². The van der Waals surface area contributed by atoms with Crippen molar-refractivity contribution in [3.05, 3.63) is 59.2 Å². The highest BCUT2D eigenvalue weighted by atomic mass is 16.6. The molecule has 0 unspecified atom stereocenters. The normalized spacial score (nSPS) is 22.6. The van der Waals surface area contributed by atoms with Crippen LogP contribution in [-0.4, -0.2) is 24.2 Å². The lowest BCUT2D eigenvalue weighted by atomic mass is 9.94. The summed E-state index contributed by atoms with van der Waals surface area (Å²) in [4.78, 5) is 12.2. The SMILES string of the molecule is O=C1N[C@](O)(c2ccccc2)c2cc3c(cc21)OCCO3. The number of hydrogen-bond donors (Lipinski definition) is 2. The van der Waals surface area contributed by atoms with Gasteiger partial charge in [-0.15, -0.1) is 0 Å². The average Bonchev–Trinajstić information content (AvgIpc) is 2.78. The summed E-state index contributed by atoms with van der Waals surface area (Å²) in [5.41, 5.74) is -0.0360. The van der Waals surface area contributed by atoms with Crippen molar-refractivity contribution in [1.29, 1.82) is 0 Å². The Kier molecular flexibility index (Phi) is 2.46. The second kappa shape index (κ2) is 4.23. The van der Waals surface area contributed by atoms with E-state index in [4.69, 9.17) is 9.47 Å². The second-order valence-corrected chi connectivity index (χ2v) is 5.07. The van der Waals surface area contributed by atoms with E-state index in [0.717, 1.165) is 0 Å². The Morgan fingerprint density at radius 1 is 1.05 bits per heavy atom. The molecule has 21 heavy (non-hydrogen) atoms. The summed E-state index contributed by atoms with van der Waals surface area (Å²) in [5, 5.41) is 13.6. The molecule has 0 fully saturated rings. The van der Waals surface area contributed by atoms with Crippen molar-refractivity contribution in [2.45, 2.75) is 5.72 Å². The summed E-state index contributed by atoms with van der Waals surface area (Å²) in [5.74, 6) is 0.756. The molecule has 2 N–H and O–H groups in total. The Morgan fingerprint density at radius 2 is 1.71 bits per heavy atom. The lowest BCUT2D eigenvalue weighted by Crippen LogP contribution is -2.40. The van der Waals surface area contributed by atoms with E-state index in [9.17, 15) is 9.90 Å². The minimum absolute atomic E-state index is 0.326. The van der Waals surface area contributed by atoms with Crippen LogP contribution in [0.3, 0.4) is 0 Å². The molecule has 1 amide bonds. The van der Waals surface area contributed by atoms with E-state index in [0.29, 0.717) is 41.4 Å². The molecule has 4 rings (SSSR count). The van der Waals surface area contributed by atoms with Gasteiger partial charge in [0.15, 0.2) is 17.2 Å². The number of benzene rings is 2. The van der Waals surface area contributed by atoms with Gasteiger partial charge in [-0.3, -0.25) is 4.79 Å². The van der Waals surface area contributed by atoms with Gasteiger partial charge < -0.3 is 19.9 Å². The predicted octanol–water partition coefficient (Wildman–Crippen LogP) is 1.39. The number of hydrogen-bond acceptors (Lipinski definition) is 4. The van der Waals surface area contributed by atoms with Crippen molar-refractivity contribution in [3.63, 3.8) is 0 Å². The number of rotatable bonds is 1. The lowest BCUT2D eigenvalue weighted by molar-refractivity contribution is 0.0473. The topological polar surface area (TPSA) is 67.8 Å². The first kappa shape index (κ1) is 12.2. The molecule has 2 aliphatic rings. The minimum Gasteiger partial charge on any atom is -0.486 e. The molecule has 0 bridgehead atoms. The molecule has 0 spiro atoms. The summed E-state index contributed by atoms with van der Waals surface area (Å²) >= 11 is 0. The maximum Gasteiger partial charge on any atom is 0.254 e. The van der Waals surface area contributed by atoms with Crippen LogP contribution >= 0.6 is 0 Å². The van der Waals surface area contributed by atoms with E-state index in [1.165, 1.54) is 0 Å². The van der Waals surface area contributed by atoms with E-state index in [-0.39, 0.29) is 5.91 Å². The van der Waals surface area contributed by atoms with Crippen LogP contribution in [-0.2, 0) is 5.72 Å². The molecule has 2 aromatic rings. The number of ether oxygens (including phenoxy) is 2. The third kappa shape index (κ3) is 1.71. The fraction of sp³-hybridized carbons (Fsp3) is 0.188. The van der Waals surface area contributed by atoms with Crippen molar-refractivity contribution in [3.8, 4) is 11.5 Å². The van der Waals surface area contributed by atoms with Gasteiger partial charge in [-0.2, -0.15) is 0 Å². The van der Waals surface area contributed by atoms with Crippen molar-refractivity contribution >= 4 is 5.91 Å². The Morgan fingerprint density at radius 3 is 2.43 bits per heavy atom. The van der Waals surface area contributed by atoms with Crippen LogP contribution in [0.4, 0.5) is 0 Å². The molecule has 0 radical (unpaired) electrons. The highest BCUT2D eigenvalue weighted by Crippen LogP contribution is 2.41. The molecular formula is C16H13NO4. The van der Waals surface area contributed by atoms with Crippen molar-refractivity contribution in [2.75, 3.05) is 13.2 Å². The second-order valence-electron chi connectivity index (χ2n) is 5.07. The molecule has 0 aromatic heterocycles. The monoisotopic (exact) mass is 283 g/mol. The molecule has 0 saturated heterocycles. The minimum atomic E-state index is -1.54. The standard InChI is InChI=1S/C16H13NO4/c18-15-11-8-13-14(21-7-6-20-13)9-12(11)16(19,17-15)10-4-2-1-3-5-10/h1-5,8-9,19H,6-7H2,(H,17,18)/t16-/m0/s1. The predicted molar refractivity (Wildman–Crippen MR) is 74.3 cm³/mol. The zero-order valence-corrected chi connectivity index (χ0v) is 11.1. The van der Waals surface area contributed by atoms with Crippen LogP contribution in [0.1, 0.15) is 21.5 Å². The molecule has 2 aliphatic heterocycles. The molecular weight excluding hydrogens is 270 g/mol. The van der Waals surface area contributed by atoms with Crippen LogP contribution in [0, 0.1) is 0 Å². The first-order valence-corrected chi connectivity index (χ1v) is 6.73. The smallest absolute Gasteiger partial charge is 0.254 e. The molecule has 0 saturated carbocycles. The summed E-state index contributed by atoms with van der Waals surface area (Å²) in [6.07, 6.45) is 0. The largest absolute Gasteiger partial charge is 0.486 e. The Labute approximate surface area is 121 Å². The molecule has 1 atom stereocenters. The zero-order valence-electron chi connectivity index (χ0n) is 11.1. The van der Waals surface area contributed by atoms with Gasteiger partial charge >= 0.3 is 0 Å². The number of carbonyl (C=O) groups is 1. The maximum absolute atomic E-state index is 12.2. The first-order chi connectivity index (χ1) is 10.2. The Bertz CT molecular complexity index is 729. The van der Waals surface area contributed by atoms with Gasteiger partial charge in [-0.05, 0) is 12.1 Å². The molecule has 5 heteroatoms. The van der Waals surface area contributed by atoms with Crippen LogP contribution in [0.5, 0.6) is 11.5 Å². The van der Waals surface area contributed by atoms with Gasteiger partial charge in [-0.25, -0.2) is 0 Å². The highest BCUT2D eigenvalue weighted by molar-refractivity contribution is 6.01.